The molecule has 0 aromatic heterocycles. The summed E-state index contributed by atoms with van der Waals surface area (Å²) in [7, 11) is 0. The molecule has 13 heavy (non-hydrogen) atoms. The molecular formula is C7H6Cl2N2S2. The molecule has 0 saturated heterocycles. The van der Waals surface area contributed by atoms with E-state index in [0.29, 0.717) is 10.1 Å². The van der Waals surface area contributed by atoms with Crippen molar-refractivity contribution >= 4 is 52.7 Å². The van der Waals surface area contributed by atoms with E-state index in [1.165, 1.54) is 11.9 Å². The Morgan fingerprint density at radius 3 is 2.85 bits per heavy atom. The summed E-state index contributed by atoms with van der Waals surface area (Å²) in [5, 5.41) is 1.06. The van der Waals surface area contributed by atoms with Crippen molar-refractivity contribution in [2.45, 2.75) is 4.90 Å². The summed E-state index contributed by atoms with van der Waals surface area (Å²) in [5.74, 6) is 0. The molecule has 0 saturated carbocycles. The minimum absolute atomic E-state index is 0.367. The quantitative estimate of drug-likeness (QED) is 0.480. The van der Waals surface area contributed by atoms with E-state index < -0.39 is 0 Å². The number of hydrogen-bond acceptors (Lipinski definition) is 2. The van der Waals surface area contributed by atoms with Crippen LogP contribution in [0.5, 0.6) is 0 Å². The zero-order valence-electron chi connectivity index (χ0n) is 6.38. The maximum absolute atomic E-state index is 5.78. The highest BCUT2D eigenvalue weighted by Gasteiger charge is 1.96. The van der Waals surface area contributed by atoms with Crippen LogP contribution in [0.3, 0.4) is 0 Å². The van der Waals surface area contributed by atoms with Crippen molar-refractivity contribution in [1.29, 1.82) is 0 Å². The van der Waals surface area contributed by atoms with Crippen LogP contribution in [0.25, 0.3) is 0 Å². The molecule has 0 fully saturated rings. The van der Waals surface area contributed by atoms with Gasteiger partial charge in [0.25, 0.3) is 0 Å². The molecule has 0 unspecified atom stereocenters. The first-order chi connectivity index (χ1) is 6.22. The number of hydrogen-bond donors (Lipinski definition) is 2. The van der Waals surface area contributed by atoms with Crippen LogP contribution >= 0.6 is 47.5 Å². The SMILES string of the molecule is S=C(NCl)NSc1cccc(Cl)c1. The lowest BCUT2D eigenvalue weighted by Crippen LogP contribution is -2.23. The minimum atomic E-state index is 0.367. The zero-order chi connectivity index (χ0) is 9.68. The maximum Gasteiger partial charge on any atom is 0.191 e. The van der Waals surface area contributed by atoms with Gasteiger partial charge in [-0.1, -0.05) is 17.7 Å². The van der Waals surface area contributed by atoms with Crippen molar-refractivity contribution in [2.24, 2.45) is 0 Å². The topological polar surface area (TPSA) is 24.1 Å². The van der Waals surface area contributed by atoms with Crippen molar-refractivity contribution < 1.29 is 0 Å². The van der Waals surface area contributed by atoms with E-state index in [0.717, 1.165) is 4.90 Å². The number of thiocarbonyl (C=S) groups is 1. The van der Waals surface area contributed by atoms with Gasteiger partial charge in [0.15, 0.2) is 5.11 Å². The normalized spacial score (nSPS) is 9.38. The lowest BCUT2D eigenvalue weighted by atomic mass is 10.4. The fourth-order valence-corrected chi connectivity index (χ4v) is 1.73. The Hall–Kier alpha value is -0.160. The first kappa shape index (κ1) is 10.9. The van der Waals surface area contributed by atoms with Gasteiger partial charge in [0.1, 0.15) is 0 Å². The molecule has 0 bridgehead atoms. The van der Waals surface area contributed by atoms with E-state index in [4.69, 9.17) is 35.6 Å². The first-order valence-electron chi connectivity index (χ1n) is 3.31. The predicted molar refractivity (Wildman–Crippen MR) is 62.0 cm³/mol. The molecule has 1 aromatic rings. The number of nitrogens with one attached hydrogen (secondary N) is 2. The fourth-order valence-electron chi connectivity index (χ4n) is 0.655. The lowest BCUT2D eigenvalue weighted by Gasteiger charge is -2.04. The third-order valence-corrected chi connectivity index (χ3v) is 2.81. The van der Waals surface area contributed by atoms with Crippen LogP contribution in [0.1, 0.15) is 0 Å². The van der Waals surface area contributed by atoms with Gasteiger partial charge in [0.05, 0.1) is 0 Å². The van der Waals surface area contributed by atoms with Crippen molar-refractivity contribution in [1.82, 2.24) is 9.56 Å². The summed E-state index contributed by atoms with van der Waals surface area (Å²) in [4.78, 5) is 3.26. The second kappa shape index (κ2) is 5.54. The molecule has 0 aliphatic heterocycles. The Bertz CT molecular complexity index is 306. The van der Waals surface area contributed by atoms with Crippen molar-refractivity contribution in [3.63, 3.8) is 0 Å². The minimum Gasteiger partial charge on any atom is -0.302 e. The number of rotatable bonds is 2. The Labute approximate surface area is 96.2 Å². The van der Waals surface area contributed by atoms with Crippen LogP contribution in [-0.2, 0) is 0 Å². The molecular weight excluding hydrogens is 247 g/mol. The second-order valence-corrected chi connectivity index (χ2v) is 4.00. The van der Waals surface area contributed by atoms with Gasteiger partial charge in [-0.2, -0.15) is 0 Å². The van der Waals surface area contributed by atoms with Crippen LogP contribution in [0, 0.1) is 0 Å². The summed E-state index contributed by atoms with van der Waals surface area (Å²) in [6.07, 6.45) is 0. The average Bonchev–Trinajstić information content (AvgIpc) is 2.14. The molecule has 0 heterocycles. The molecule has 0 amide bonds. The molecule has 0 aliphatic rings. The van der Waals surface area contributed by atoms with Crippen LogP contribution in [0.15, 0.2) is 29.2 Å². The summed E-state index contributed by atoms with van der Waals surface area (Å²) < 4.78 is 2.82. The Kier molecular flexibility index (Phi) is 4.66. The Morgan fingerprint density at radius 1 is 1.46 bits per heavy atom. The van der Waals surface area contributed by atoms with Crippen molar-refractivity contribution in [3.8, 4) is 0 Å². The van der Waals surface area contributed by atoms with E-state index in [2.05, 4.69) is 9.56 Å². The molecule has 0 radical (unpaired) electrons. The van der Waals surface area contributed by atoms with E-state index in [9.17, 15) is 0 Å². The summed E-state index contributed by atoms with van der Waals surface area (Å²) in [5.41, 5.74) is 0. The molecule has 0 aliphatic carbocycles. The molecule has 2 N–H and O–H groups in total. The van der Waals surface area contributed by atoms with Gasteiger partial charge in [0.2, 0.25) is 0 Å². The van der Waals surface area contributed by atoms with Crippen molar-refractivity contribution in [2.75, 3.05) is 0 Å². The molecule has 70 valence electrons. The van der Waals surface area contributed by atoms with Crippen LogP contribution in [0.2, 0.25) is 5.02 Å². The summed E-state index contributed by atoms with van der Waals surface area (Å²) in [6, 6.07) is 7.42. The van der Waals surface area contributed by atoms with Gasteiger partial charge in [-0.05, 0) is 42.4 Å². The Morgan fingerprint density at radius 2 is 2.23 bits per heavy atom. The highest BCUT2D eigenvalue weighted by molar-refractivity contribution is 7.99. The lowest BCUT2D eigenvalue weighted by molar-refractivity contribution is 1.37. The molecule has 2 nitrogen and oxygen atoms in total. The molecule has 0 spiro atoms. The van der Waals surface area contributed by atoms with Crippen LogP contribution in [-0.4, -0.2) is 5.11 Å². The standard InChI is InChI=1S/C7H6Cl2N2S2/c8-5-2-1-3-6(4-5)13-11-7(12)10-9/h1-4H,(H2,10,11,12). The predicted octanol–water partition coefficient (Wildman–Crippen LogP) is 2.97. The van der Waals surface area contributed by atoms with Gasteiger partial charge in [0, 0.05) is 21.7 Å². The third kappa shape index (κ3) is 4.04. The second-order valence-electron chi connectivity index (χ2n) is 2.09. The largest absolute Gasteiger partial charge is 0.302 e. The monoisotopic (exact) mass is 252 g/mol. The third-order valence-electron chi connectivity index (χ3n) is 1.14. The molecule has 0 atom stereocenters. The molecule has 1 aromatic carbocycles. The smallest absolute Gasteiger partial charge is 0.191 e. The maximum atomic E-state index is 5.78. The van der Waals surface area contributed by atoms with E-state index in [-0.39, 0.29) is 0 Å². The van der Waals surface area contributed by atoms with Gasteiger partial charge in [-0.15, -0.1) is 0 Å². The van der Waals surface area contributed by atoms with E-state index >= 15 is 0 Å². The molecule has 6 heteroatoms. The Balaban J connectivity index is 2.50. The van der Waals surface area contributed by atoms with Crippen molar-refractivity contribution in [3.05, 3.63) is 29.3 Å². The summed E-state index contributed by atoms with van der Waals surface area (Å²) >= 11 is 17.2. The van der Waals surface area contributed by atoms with Gasteiger partial charge in [-0.25, -0.2) is 0 Å². The zero-order valence-corrected chi connectivity index (χ0v) is 9.53. The first-order valence-corrected chi connectivity index (χ1v) is 5.29. The number of benzene rings is 1. The van der Waals surface area contributed by atoms with E-state index in [1.54, 1.807) is 0 Å². The highest BCUT2D eigenvalue weighted by atomic mass is 35.5. The highest BCUT2D eigenvalue weighted by Crippen LogP contribution is 2.18. The van der Waals surface area contributed by atoms with Gasteiger partial charge < -0.3 is 4.72 Å². The van der Waals surface area contributed by atoms with Crippen LogP contribution < -0.4 is 9.56 Å². The van der Waals surface area contributed by atoms with Gasteiger partial charge in [-0.3, -0.25) is 4.84 Å². The summed E-state index contributed by atoms with van der Waals surface area (Å²) in [6.45, 7) is 0. The average molecular weight is 253 g/mol. The van der Waals surface area contributed by atoms with Gasteiger partial charge >= 0.3 is 0 Å². The van der Waals surface area contributed by atoms with Crippen LogP contribution in [0.4, 0.5) is 0 Å². The molecule has 1 rings (SSSR count). The van der Waals surface area contributed by atoms with E-state index in [1.807, 2.05) is 24.3 Å². The number of halogens is 2. The fraction of sp³-hybridized carbons (Fsp3) is 0.